The van der Waals surface area contributed by atoms with Crippen LogP contribution in [-0.2, 0) is 4.79 Å². The molecule has 126 valence electrons. The second-order valence-corrected chi connectivity index (χ2v) is 7.48. The minimum Gasteiger partial charge on any atom is -0.294 e. The average Bonchev–Trinajstić information content (AvgIpc) is 3.15. The first-order chi connectivity index (χ1) is 11.7. The maximum Gasteiger partial charge on any atom is 0.293 e. The van der Waals surface area contributed by atoms with Crippen molar-refractivity contribution >= 4 is 40.3 Å². The lowest BCUT2D eigenvalue weighted by molar-refractivity contribution is -0.122. The van der Waals surface area contributed by atoms with Crippen molar-refractivity contribution in [2.45, 2.75) is 31.2 Å². The topological polar surface area (TPSA) is 54.7 Å². The van der Waals surface area contributed by atoms with Gasteiger partial charge in [-0.3, -0.25) is 18.9 Å². The molecule has 0 atom stereocenters. The molecular formula is C17H19N3O2S2. The van der Waals surface area contributed by atoms with E-state index in [1.165, 1.54) is 4.90 Å². The molecule has 0 aliphatic carbocycles. The van der Waals surface area contributed by atoms with Crippen molar-refractivity contribution < 1.29 is 9.59 Å². The van der Waals surface area contributed by atoms with E-state index in [-0.39, 0.29) is 11.1 Å². The fraction of sp³-hybridized carbons (Fsp3) is 0.353. The third-order valence-corrected chi connectivity index (χ3v) is 5.76. The summed E-state index contributed by atoms with van der Waals surface area (Å²) in [4.78, 5) is 30.2. The molecule has 1 aliphatic rings. The summed E-state index contributed by atoms with van der Waals surface area (Å²) in [5, 5.41) is 1.01. The molecule has 0 radical (unpaired) electrons. The van der Waals surface area contributed by atoms with Crippen molar-refractivity contribution in [2.24, 2.45) is 0 Å². The van der Waals surface area contributed by atoms with Crippen molar-refractivity contribution in [1.29, 1.82) is 0 Å². The molecular weight excluding hydrogens is 342 g/mol. The molecule has 1 aliphatic heterocycles. The van der Waals surface area contributed by atoms with Crippen LogP contribution in [0.2, 0.25) is 0 Å². The number of unbranched alkanes of at least 4 members (excludes halogenated alkanes) is 1. The zero-order chi connectivity index (χ0) is 16.9. The van der Waals surface area contributed by atoms with Gasteiger partial charge < -0.3 is 0 Å². The zero-order valence-electron chi connectivity index (χ0n) is 13.5. The molecule has 0 bridgehead atoms. The number of hydrogen-bond donors (Lipinski definition) is 0. The number of imide groups is 1. The minimum atomic E-state index is -0.143. The Morgan fingerprint density at radius 3 is 3.00 bits per heavy atom. The summed E-state index contributed by atoms with van der Waals surface area (Å²) in [6.07, 6.45) is 8.12. The molecule has 1 fully saturated rings. The van der Waals surface area contributed by atoms with Crippen molar-refractivity contribution in [1.82, 2.24) is 14.3 Å². The molecule has 0 N–H and O–H groups in total. The van der Waals surface area contributed by atoms with Gasteiger partial charge in [0.1, 0.15) is 5.65 Å². The average molecular weight is 361 g/mol. The first-order valence-corrected chi connectivity index (χ1v) is 9.79. The Morgan fingerprint density at radius 1 is 1.29 bits per heavy atom. The molecule has 0 saturated carbocycles. The fourth-order valence-electron chi connectivity index (χ4n) is 2.50. The van der Waals surface area contributed by atoms with Crippen LogP contribution in [0, 0.1) is 0 Å². The third kappa shape index (κ3) is 3.67. The first kappa shape index (κ1) is 17.1. The summed E-state index contributed by atoms with van der Waals surface area (Å²) in [6.45, 7) is 2.47. The summed E-state index contributed by atoms with van der Waals surface area (Å²) in [7, 11) is 0. The Morgan fingerprint density at radius 2 is 2.17 bits per heavy atom. The Labute approximate surface area is 149 Å². The van der Waals surface area contributed by atoms with Crippen LogP contribution in [0.15, 0.2) is 46.6 Å². The number of allylic oxidation sites excluding steroid dienone is 1. The first-order valence-electron chi connectivity index (χ1n) is 7.99. The molecule has 2 aromatic heterocycles. The molecule has 2 aromatic rings. The molecule has 0 spiro atoms. The molecule has 3 rings (SSSR count). The van der Waals surface area contributed by atoms with Gasteiger partial charge in [-0.25, -0.2) is 4.98 Å². The summed E-state index contributed by atoms with van der Waals surface area (Å²) in [5.41, 5.74) is 0.945. The van der Waals surface area contributed by atoms with Gasteiger partial charge in [0.25, 0.3) is 11.1 Å². The third-order valence-electron chi connectivity index (χ3n) is 3.68. The van der Waals surface area contributed by atoms with Gasteiger partial charge in [-0.2, -0.15) is 0 Å². The van der Waals surface area contributed by atoms with Crippen LogP contribution in [0.5, 0.6) is 0 Å². The Kier molecular flexibility index (Phi) is 5.63. The van der Waals surface area contributed by atoms with Gasteiger partial charge in [-0.15, -0.1) is 11.8 Å². The van der Waals surface area contributed by atoms with Gasteiger partial charge in [0.15, 0.2) is 0 Å². The largest absolute Gasteiger partial charge is 0.294 e. The molecule has 24 heavy (non-hydrogen) atoms. The highest BCUT2D eigenvalue weighted by atomic mass is 32.2. The second-order valence-electron chi connectivity index (χ2n) is 5.38. The van der Waals surface area contributed by atoms with Crippen LogP contribution in [0.3, 0.4) is 0 Å². The molecule has 0 aromatic carbocycles. The van der Waals surface area contributed by atoms with Gasteiger partial charge in [0, 0.05) is 18.9 Å². The standard InChI is InChI=1S/C17H19N3O2S2/c1-2-6-13-16(21)20(17(22)24-13)10-3-4-12-23-15-8-5-7-14-18-9-11-19(14)15/h5-9,11H,2-4,10,12H2,1H3/b13-6-. The molecule has 7 heteroatoms. The lowest BCUT2D eigenvalue weighted by Crippen LogP contribution is -2.29. The van der Waals surface area contributed by atoms with Crippen LogP contribution in [0.1, 0.15) is 26.2 Å². The molecule has 0 unspecified atom stereocenters. The van der Waals surface area contributed by atoms with E-state index in [1.54, 1.807) is 18.0 Å². The van der Waals surface area contributed by atoms with Gasteiger partial charge in [0.2, 0.25) is 0 Å². The number of fused-ring (bicyclic) bond motifs is 1. The number of carbonyl (C=O) groups excluding carboxylic acids is 2. The lowest BCUT2D eigenvalue weighted by atomic mass is 10.3. The Balaban J connectivity index is 1.46. The molecule has 1 saturated heterocycles. The molecule has 5 nitrogen and oxygen atoms in total. The maximum absolute atomic E-state index is 12.1. The number of aromatic nitrogens is 2. The van der Waals surface area contributed by atoms with E-state index in [4.69, 9.17) is 0 Å². The van der Waals surface area contributed by atoms with E-state index < -0.39 is 0 Å². The summed E-state index contributed by atoms with van der Waals surface area (Å²) in [6, 6.07) is 6.06. The predicted molar refractivity (Wildman–Crippen MR) is 98.2 cm³/mol. The number of amides is 2. The number of nitrogens with zero attached hydrogens (tertiary/aromatic N) is 3. The van der Waals surface area contributed by atoms with Crippen molar-refractivity contribution in [2.75, 3.05) is 12.3 Å². The predicted octanol–water partition coefficient (Wildman–Crippen LogP) is 4.20. The van der Waals surface area contributed by atoms with Crippen molar-refractivity contribution in [3.05, 3.63) is 41.6 Å². The normalized spacial score (nSPS) is 16.7. The summed E-state index contributed by atoms with van der Waals surface area (Å²) < 4.78 is 2.07. The molecule has 3 heterocycles. The highest BCUT2D eigenvalue weighted by molar-refractivity contribution is 8.18. The summed E-state index contributed by atoms with van der Waals surface area (Å²) >= 11 is 2.82. The van der Waals surface area contributed by atoms with Crippen LogP contribution in [0.25, 0.3) is 5.65 Å². The van der Waals surface area contributed by atoms with E-state index in [9.17, 15) is 9.59 Å². The van der Waals surface area contributed by atoms with Crippen LogP contribution >= 0.6 is 23.5 Å². The monoisotopic (exact) mass is 361 g/mol. The van der Waals surface area contributed by atoms with E-state index in [0.717, 1.165) is 47.5 Å². The van der Waals surface area contributed by atoms with E-state index >= 15 is 0 Å². The summed E-state index contributed by atoms with van der Waals surface area (Å²) in [5.74, 6) is 0.806. The fourth-order valence-corrected chi connectivity index (χ4v) is 4.45. The zero-order valence-corrected chi connectivity index (χ0v) is 15.1. The SMILES string of the molecule is CC/C=C1\SC(=O)N(CCCCSc2cccc3nccn23)C1=O. The number of imidazole rings is 1. The highest BCUT2D eigenvalue weighted by Gasteiger charge is 2.33. The lowest BCUT2D eigenvalue weighted by Gasteiger charge is -2.12. The van der Waals surface area contributed by atoms with Gasteiger partial charge >= 0.3 is 0 Å². The number of hydrogen-bond acceptors (Lipinski definition) is 5. The molecule has 2 amide bonds. The van der Waals surface area contributed by atoms with Crippen LogP contribution in [0.4, 0.5) is 4.79 Å². The van der Waals surface area contributed by atoms with E-state index in [2.05, 4.69) is 15.5 Å². The van der Waals surface area contributed by atoms with Crippen LogP contribution in [-0.4, -0.2) is 37.7 Å². The van der Waals surface area contributed by atoms with Gasteiger partial charge in [-0.1, -0.05) is 19.1 Å². The van der Waals surface area contributed by atoms with Gasteiger partial charge in [0.05, 0.1) is 9.93 Å². The Hall–Kier alpha value is -1.73. The Bertz CT molecular complexity index is 785. The minimum absolute atomic E-state index is 0.136. The van der Waals surface area contributed by atoms with E-state index in [0.29, 0.717) is 11.4 Å². The van der Waals surface area contributed by atoms with Gasteiger partial charge in [-0.05, 0) is 48.9 Å². The second kappa shape index (κ2) is 7.90. The maximum atomic E-state index is 12.1. The van der Waals surface area contributed by atoms with Crippen LogP contribution < -0.4 is 0 Å². The number of thioether (sulfide) groups is 2. The number of carbonyl (C=O) groups is 2. The number of pyridine rings is 1. The smallest absolute Gasteiger partial charge is 0.293 e. The van der Waals surface area contributed by atoms with E-state index in [1.807, 2.05) is 31.3 Å². The van der Waals surface area contributed by atoms with Crippen molar-refractivity contribution in [3.8, 4) is 0 Å². The quantitative estimate of drug-likeness (QED) is 0.420. The number of rotatable bonds is 7. The highest BCUT2D eigenvalue weighted by Crippen LogP contribution is 2.31. The van der Waals surface area contributed by atoms with Crippen molar-refractivity contribution in [3.63, 3.8) is 0 Å².